The van der Waals surface area contributed by atoms with Crippen molar-refractivity contribution in [2.24, 2.45) is 29.1 Å². The molecule has 0 aromatic heterocycles. The highest BCUT2D eigenvalue weighted by molar-refractivity contribution is 5.37. The summed E-state index contributed by atoms with van der Waals surface area (Å²) in [5.74, 6) is 3.42. The van der Waals surface area contributed by atoms with E-state index >= 15 is 0 Å². The lowest BCUT2D eigenvalue weighted by atomic mass is 9.60. The second-order valence-corrected chi connectivity index (χ2v) is 11.8. The lowest BCUT2D eigenvalue weighted by Crippen LogP contribution is -2.36. The summed E-state index contributed by atoms with van der Waals surface area (Å²) in [7, 11) is 1.86. The number of methoxy groups -OCH3 is 1. The van der Waals surface area contributed by atoms with Crippen molar-refractivity contribution in [3.63, 3.8) is 0 Å². The Bertz CT molecular complexity index is 668. The average molecular weight is 413 g/mol. The summed E-state index contributed by atoms with van der Waals surface area (Å²) in [4.78, 5) is 0. The fourth-order valence-electron chi connectivity index (χ4n) is 7.01. The molecule has 3 saturated carbocycles. The van der Waals surface area contributed by atoms with Crippen molar-refractivity contribution < 1.29 is 4.74 Å². The quantitative estimate of drug-likeness (QED) is 0.406. The molecule has 3 aliphatic rings. The first-order valence-electron chi connectivity index (χ1n) is 12.8. The van der Waals surface area contributed by atoms with Crippen LogP contribution < -0.4 is 0 Å². The van der Waals surface area contributed by atoms with Crippen LogP contribution in [0.2, 0.25) is 0 Å². The van der Waals surface area contributed by atoms with Crippen molar-refractivity contribution >= 4 is 0 Å². The molecule has 5 atom stereocenters. The van der Waals surface area contributed by atoms with E-state index in [4.69, 9.17) is 4.74 Å². The van der Waals surface area contributed by atoms with Gasteiger partial charge in [-0.3, -0.25) is 0 Å². The molecule has 0 N–H and O–H groups in total. The Morgan fingerprint density at radius 3 is 2.53 bits per heavy atom. The monoisotopic (exact) mass is 412 g/mol. The summed E-state index contributed by atoms with van der Waals surface area (Å²) >= 11 is 0. The van der Waals surface area contributed by atoms with Gasteiger partial charge in [0, 0.05) is 13.5 Å². The average Bonchev–Trinajstić information content (AvgIpc) is 3.06. The Labute approximate surface area is 187 Å². The van der Waals surface area contributed by atoms with Gasteiger partial charge in [-0.25, -0.2) is 0 Å². The molecular weight excluding hydrogens is 364 g/mol. The predicted molar refractivity (Wildman–Crippen MR) is 131 cm³/mol. The molecule has 0 amide bonds. The first-order valence-corrected chi connectivity index (χ1v) is 12.8. The minimum Gasteiger partial charge on any atom is -0.378 e. The van der Waals surface area contributed by atoms with Crippen molar-refractivity contribution in [2.75, 3.05) is 7.11 Å². The number of fused-ring (bicyclic) bond motifs is 1. The smallest absolute Gasteiger partial charge is 0.0694 e. The first kappa shape index (κ1) is 23.8. The van der Waals surface area contributed by atoms with Crippen LogP contribution in [-0.4, -0.2) is 12.7 Å². The molecule has 1 heteroatoms. The van der Waals surface area contributed by atoms with Crippen molar-refractivity contribution in [1.29, 1.82) is 0 Å². The molecular formula is C29H48O. The molecule has 0 aliphatic heterocycles. The van der Waals surface area contributed by atoms with Gasteiger partial charge in [0.05, 0.1) is 5.60 Å². The van der Waals surface area contributed by atoms with Crippen LogP contribution in [0.15, 0.2) is 35.5 Å². The zero-order chi connectivity index (χ0) is 21.9. The summed E-state index contributed by atoms with van der Waals surface area (Å²) in [6.07, 6.45) is 19.2. The van der Waals surface area contributed by atoms with Crippen molar-refractivity contribution in [2.45, 2.75) is 111 Å². The minimum absolute atomic E-state index is 0.0174. The maximum Gasteiger partial charge on any atom is 0.0694 e. The molecule has 170 valence electrons. The highest BCUT2D eigenvalue weighted by atomic mass is 16.5. The van der Waals surface area contributed by atoms with Crippen LogP contribution >= 0.6 is 0 Å². The van der Waals surface area contributed by atoms with Crippen molar-refractivity contribution in [3.8, 4) is 0 Å². The topological polar surface area (TPSA) is 9.23 Å². The SMILES string of the molecule is C=C1CC[C@](C)(OC)CC1=CC=C1CCC[C@@]2(C)C1CC[C@@H]2[C@H](C)CCCC(C)C. The van der Waals surface area contributed by atoms with Gasteiger partial charge in [0.1, 0.15) is 0 Å². The largest absolute Gasteiger partial charge is 0.378 e. The fourth-order valence-corrected chi connectivity index (χ4v) is 7.01. The van der Waals surface area contributed by atoms with Gasteiger partial charge in [-0.1, -0.05) is 76.8 Å². The highest BCUT2D eigenvalue weighted by Gasteiger charge is 2.50. The molecule has 3 fully saturated rings. The van der Waals surface area contributed by atoms with Crippen LogP contribution in [0, 0.1) is 29.1 Å². The lowest BCUT2D eigenvalue weighted by Gasteiger charge is -2.44. The summed E-state index contributed by atoms with van der Waals surface area (Å²) < 4.78 is 5.82. The van der Waals surface area contributed by atoms with Gasteiger partial charge in [-0.15, -0.1) is 0 Å². The van der Waals surface area contributed by atoms with Gasteiger partial charge >= 0.3 is 0 Å². The molecule has 0 spiro atoms. The van der Waals surface area contributed by atoms with Gasteiger partial charge in [0.15, 0.2) is 0 Å². The maximum atomic E-state index is 5.82. The zero-order valence-electron chi connectivity index (χ0n) is 20.9. The summed E-state index contributed by atoms with van der Waals surface area (Å²) in [6.45, 7) is 16.5. The first-order chi connectivity index (χ1) is 14.2. The van der Waals surface area contributed by atoms with Crippen molar-refractivity contribution in [1.82, 2.24) is 0 Å². The molecule has 0 bridgehead atoms. The number of hydrogen-bond donors (Lipinski definition) is 0. The molecule has 1 nitrogen and oxygen atoms in total. The van der Waals surface area contributed by atoms with E-state index in [0.29, 0.717) is 5.41 Å². The molecule has 0 saturated heterocycles. The van der Waals surface area contributed by atoms with Gasteiger partial charge in [0.2, 0.25) is 0 Å². The van der Waals surface area contributed by atoms with Gasteiger partial charge in [-0.2, -0.15) is 0 Å². The summed E-state index contributed by atoms with van der Waals surface area (Å²) in [5.41, 5.74) is 4.97. The second kappa shape index (κ2) is 9.76. The molecule has 1 unspecified atom stereocenters. The van der Waals surface area contributed by atoms with E-state index in [-0.39, 0.29) is 5.60 Å². The third kappa shape index (κ3) is 5.14. The lowest BCUT2D eigenvalue weighted by molar-refractivity contribution is -0.00509. The predicted octanol–water partition coefficient (Wildman–Crippen LogP) is 8.66. The molecule has 0 radical (unpaired) electrons. The van der Waals surface area contributed by atoms with Crippen molar-refractivity contribution in [3.05, 3.63) is 35.5 Å². The van der Waals surface area contributed by atoms with E-state index in [0.717, 1.165) is 42.9 Å². The van der Waals surface area contributed by atoms with E-state index < -0.39 is 0 Å². The normalized spacial score (nSPS) is 38.4. The number of hydrogen-bond acceptors (Lipinski definition) is 1. The Morgan fingerprint density at radius 2 is 1.83 bits per heavy atom. The zero-order valence-corrected chi connectivity index (χ0v) is 20.9. The number of ether oxygens (including phenoxy) is 1. The third-order valence-electron chi connectivity index (χ3n) is 9.13. The molecule has 3 rings (SSSR count). The van der Waals surface area contributed by atoms with Crippen LogP contribution in [0.4, 0.5) is 0 Å². The van der Waals surface area contributed by atoms with E-state index in [2.05, 4.69) is 53.3 Å². The van der Waals surface area contributed by atoms with Gasteiger partial charge in [-0.05, 0) is 86.5 Å². The second-order valence-electron chi connectivity index (χ2n) is 11.8. The standard InChI is InChI=1S/C29H48O/c1-21(2)10-8-11-23(4)26-15-16-27-24(12-9-18-29(26,27)6)13-14-25-20-28(5,30-7)19-17-22(25)3/h13-14,21,23,26-27H,3,8-12,15-20H2,1-2,4-7H3/t23-,26-,27?,28+,29-/m1/s1. The molecule has 30 heavy (non-hydrogen) atoms. The van der Waals surface area contributed by atoms with E-state index in [9.17, 15) is 0 Å². The third-order valence-corrected chi connectivity index (χ3v) is 9.13. The Kier molecular flexibility index (Phi) is 7.76. The van der Waals surface area contributed by atoms with Crippen LogP contribution in [0.25, 0.3) is 0 Å². The number of allylic oxidation sites excluding steroid dienone is 4. The van der Waals surface area contributed by atoms with Crippen LogP contribution in [-0.2, 0) is 4.74 Å². The highest BCUT2D eigenvalue weighted by Crippen LogP contribution is 2.60. The molecule has 0 aromatic rings. The number of rotatable bonds is 7. The molecule has 0 aromatic carbocycles. The van der Waals surface area contributed by atoms with E-state index in [1.54, 1.807) is 5.57 Å². The Morgan fingerprint density at radius 1 is 1.07 bits per heavy atom. The van der Waals surface area contributed by atoms with Crippen LogP contribution in [0.5, 0.6) is 0 Å². The Balaban J connectivity index is 1.72. The van der Waals surface area contributed by atoms with Gasteiger partial charge in [0.25, 0.3) is 0 Å². The maximum absolute atomic E-state index is 5.82. The fraction of sp³-hybridized carbons (Fsp3) is 0.793. The molecule has 0 heterocycles. The molecule has 3 aliphatic carbocycles. The summed E-state index contributed by atoms with van der Waals surface area (Å²) in [5, 5.41) is 0. The Hall–Kier alpha value is -0.820. The van der Waals surface area contributed by atoms with Crippen LogP contribution in [0.3, 0.4) is 0 Å². The summed E-state index contributed by atoms with van der Waals surface area (Å²) in [6, 6.07) is 0. The van der Waals surface area contributed by atoms with Gasteiger partial charge < -0.3 is 4.74 Å². The van der Waals surface area contributed by atoms with Crippen LogP contribution in [0.1, 0.15) is 105 Å². The van der Waals surface area contributed by atoms with E-state index in [1.165, 1.54) is 62.5 Å². The van der Waals surface area contributed by atoms with E-state index in [1.807, 2.05) is 7.11 Å². The minimum atomic E-state index is -0.0174.